The van der Waals surface area contributed by atoms with E-state index < -0.39 is 5.97 Å². The minimum absolute atomic E-state index is 0.0484. The minimum Gasteiger partial charge on any atom is -0.465 e. The average molecular weight is 352 g/mol. The molecule has 26 heavy (non-hydrogen) atoms. The van der Waals surface area contributed by atoms with Gasteiger partial charge in [-0.2, -0.15) is 0 Å². The fourth-order valence-corrected chi connectivity index (χ4v) is 3.46. The van der Waals surface area contributed by atoms with Crippen molar-refractivity contribution >= 4 is 17.6 Å². The molecule has 1 heterocycles. The van der Waals surface area contributed by atoms with E-state index in [1.165, 1.54) is 18.4 Å². The molecule has 0 bridgehead atoms. The molecule has 0 unspecified atom stereocenters. The summed E-state index contributed by atoms with van der Waals surface area (Å²) >= 11 is 0. The van der Waals surface area contributed by atoms with Gasteiger partial charge in [0.15, 0.2) is 0 Å². The third-order valence-electron chi connectivity index (χ3n) is 4.88. The molecule has 1 aliphatic rings. The van der Waals surface area contributed by atoms with Gasteiger partial charge in [-0.15, -0.1) is 0 Å². The van der Waals surface area contributed by atoms with Crippen LogP contribution in [-0.2, 0) is 4.74 Å². The lowest BCUT2D eigenvalue weighted by Gasteiger charge is -2.41. The zero-order chi connectivity index (χ0) is 18.7. The largest absolute Gasteiger partial charge is 0.465 e. The maximum atomic E-state index is 12.9. The van der Waals surface area contributed by atoms with Gasteiger partial charge in [0.25, 0.3) is 5.91 Å². The van der Waals surface area contributed by atoms with E-state index >= 15 is 0 Å². The van der Waals surface area contributed by atoms with Crippen LogP contribution in [0.25, 0.3) is 0 Å². The lowest BCUT2D eigenvalue weighted by Crippen LogP contribution is -2.54. The second-order valence-corrected chi connectivity index (χ2v) is 6.65. The zero-order valence-electron chi connectivity index (χ0n) is 15.4. The third-order valence-corrected chi connectivity index (χ3v) is 4.88. The summed E-state index contributed by atoms with van der Waals surface area (Å²) in [5.41, 5.74) is 3.37. The van der Waals surface area contributed by atoms with Gasteiger partial charge in [0, 0.05) is 36.9 Å². The van der Waals surface area contributed by atoms with Crippen LogP contribution < -0.4 is 4.90 Å². The number of methoxy groups -OCH3 is 1. The maximum absolute atomic E-state index is 12.9. The number of hydrogen-bond donors (Lipinski definition) is 0. The highest BCUT2D eigenvalue weighted by atomic mass is 16.5. The molecule has 1 aliphatic heterocycles. The summed E-state index contributed by atoms with van der Waals surface area (Å²) in [4.78, 5) is 28.9. The van der Waals surface area contributed by atoms with E-state index in [9.17, 15) is 9.59 Å². The first-order valence-corrected chi connectivity index (χ1v) is 8.81. The van der Waals surface area contributed by atoms with Crippen LogP contribution in [0.3, 0.4) is 0 Å². The first-order valence-electron chi connectivity index (χ1n) is 8.81. The number of nitrogens with zero attached hydrogens (tertiary/aromatic N) is 2. The number of ether oxygens (including phenoxy) is 1. The smallest absolute Gasteiger partial charge is 0.337 e. The highest BCUT2D eigenvalue weighted by Gasteiger charge is 2.29. The second-order valence-electron chi connectivity index (χ2n) is 6.65. The van der Waals surface area contributed by atoms with E-state index in [1.54, 1.807) is 24.3 Å². The number of rotatable bonds is 3. The Balaban J connectivity index is 1.74. The number of para-hydroxylation sites is 1. The lowest BCUT2D eigenvalue weighted by atomic mass is 10.1. The quantitative estimate of drug-likeness (QED) is 0.797. The van der Waals surface area contributed by atoms with Crippen molar-refractivity contribution in [2.24, 2.45) is 0 Å². The summed E-state index contributed by atoms with van der Waals surface area (Å²) in [6.07, 6.45) is 0. The summed E-state index contributed by atoms with van der Waals surface area (Å²) in [5.74, 6) is -0.482. The molecule has 1 atom stereocenters. The first kappa shape index (κ1) is 18.0. The summed E-state index contributed by atoms with van der Waals surface area (Å²) in [5, 5.41) is 0. The maximum Gasteiger partial charge on any atom is 0.337 e. The van der Waals surface area contributed by atoms with Gasteiger partial charge < -0.3 is 14.5 Å². The van der Waals surface area contributed by atoms with Crippen LogP contribution in [-0.4, -0.2) is 49.6 Å². The Kier molecular flexibility index (Phi) is 5.26. The molecule has 0 aliphatic carbocycles. The number of piperazine rings is 1. The predicted octanol–water partition coefficient (Wildman–Crippen LogP) is 3.13. The summed E-state index contributed by atoms with van der Waals surface area (Å²) in [7, 11) is 1.34. The van der Waals surface area contributed by atoms with Gasteiger partial charge in [0.05, 0.1) is 12.7 Å². The molecule has 1 amide bonds. The molecule has 5 nitrogen and oxygen atoms in total. The zero-order valence-corrected chi connectivity index (χ0v) is 15.4. The molecule has 5 heteroatoms. The average Bonchev–Trinajstić information content (AvgIpc) is 2.67. The Labute approximate surface area is 154 Å². The molecule has 0 radical (unpaired) electrons. The van der Waals surface area contributed by atoms with Crippen molar-refractivity contribution in [2.75, 3.05) is 31.6 Å². The normalized spacial score (nSPS) is 17.1. The van der Waals surface area contributed by atoms with Crippen LogP contribution in [0.2, 0.25) is 0 Å². The minimum atomic E-state index is -0.433. The van der Waals surface area contributed by atoms with Gasteiger partial charge in [-0.25, -0.2) is 4.79 Å². The Bertz CT molecular complexity index is 818. The van der Waals surface area contributed by atoms with Crippen molar-refractivity contribution in [3.8, 4) is 0 Å². The van der Waals surface area contributed by atoms with Gasteiger partial charge in [-0.1, -0.05) is 24.3 Å². The molecule has 0 spiro atoms. The SMILES string of the molecule is COC(=O)c1cccc(C(=O)N2CCN(c3ccccc3C)C[C@H]2C)c1. The van der Waals surface area contributed by atoms with E-state index in [0.29, 0.717) is 17.7 Å². The van der Waals surface area contributed by atoms with Gasteiger partial charge in [-0.3, -0.25) is 4.79 Å². The number of aryl methyl sites for hydroxylation is 1. The second kappa shape index (κ2) is 7.60. The van der Waals surface area contributed by atoms with Crippen LogP contribution in [0.1, 0.15) is 33.2 Å². The van der Waals surface area contributed by atoms with Crippen LogP contribution in [0.5, 0.6) is 0 Å². The third kappa shape index (κ3) is 3.57. The van der Waals surface area contributed by atoms with E-state index in [0.717, 1.165) is 13.1 Å². The molecule has 0 aromatic heterocycles. The molecule has 1 saturated heterocycles. The number of carbonyl (C=O) groups is 2. The highest BCUT2D eigenvalue weighted by Crippen LogP contribution is 2.24. The number of benzene rings is 2. The van der Waals surface area contributed by atoms with Crippen LogP contribution in [0.15, 0.2) is 48.5 Å². The Morgan fingerprint density at radius 1 is 1.04 bits per heavy atom. The van der Waals surface area contributed by atoms with Crippen LogP contribution in [0.4, 0.5) is 5.69 Å². The van der Waals surface area contributed by atoms with E-state index in [1.807, 2.05) is 17.0 Å². The van der Waals surface area contributed by atoms with Crippen LogP contribution >= 0.6 is 0 Å². The number of amides is 1. The van der Waals surface area contributed by atoms with E-state index in [-0.39, 0.29) is 11.9 Å². The molecule has 3 rings (SSSR count). The molecule has 136 valence electrons. The summed E-state index contributed by atoms with van der Waals surface area (Å²) in [6, 6.07) is 15.1. The van der Waals surface area contributed by atoms with E-state index in [2.05, 4.69) is 30.9 Å². The standard InChI is InChI=1S/C21H24N2O3/c1-15-7-4-5-10-19(15)22-11-12-23(16(2)14-22)20(24)17-8-6-9-18(13-17)21(25)26-3/h4-10,13,16H,11-12,14H2,1-3H3/t16-/m1/s1. The number of anilines is 1. The highest BCUT2D eigenvalue weighted by molar-refractivity contribution is 5.98. The first-order chi connectivity index (χ1) is 12.5. The Morgan fingerprint density at radius 2 is 1.77 bits per heavy atom. The Hall–Kier alpha value is -2.82. The molecule has 0 N–H and O–H groups in total. The van der Waals surface area contributed by atoms with Crippen molar-refractivity contribution in [3.05, 3.63) is 65.2 Å². The fraction of sp³-hybridized carbons (Fsp3) is 0.333. The van der Waals surface area contributed by atoms with Crippen molar-refractivity contribution < 1.29 is 14.3 Å². The molecular weight excluding hydrogens is 328 g/mol. The van der Waals surface area contributed by atoms with Gasteiger partial charge >= 0.3 is 5.97 Å². The molecule has 1 fully saturated rings. The van der Waals surface area contributed by atoms with Crippen molar-refractivity contribution in [2.45, 2.75) is 19.9 Å². The summed E-state index contributed by atoms with van der Waals surface area (Å²) in [6.45, 7) is 6.39. The van der Waals surface area contributed by atoms with Crippen molar-refractivity contribution in [1.82, 2.24) is 4.90 Å². The fourth-order valence-electron chi connectivity index (χ4n) is 3.46. The topological polar surface area (TPSA) is 49.9 Å². The van der Waals surface area contributed by atoms with Gasteiger partial charge in [-0.05, 0) is 43.7 Å². The van der Waals surface area contributed by atoms with Gasteiger partial charge in [0.1, 0.15) is 0 Å². The molecule has 2 aromatic rings. The molecular formula is C21H24N2O3. The number of carbonyl (C=O) groups excluding carboxylic acids is 2. The molecule has 0 saturated carbocycles. The predicted molar refractivity (Wildman–Crippen MR) is 102 cm³/mol. The number of esters is 1. The Morgan fingerprint density at radius 3 is 2.46 bits per heavy atom. The van der Waals surface area contributed by atoms with E-state index in [4.69, 9.17) is 4.74 Å². The van der Waals surface area contributed by atoms with Crippen molar-refractivity contribution in [1.29, 1.82) is 0 Å². The molecule has 2 aromatic carbocycles. The van der Waals surface area contributed by atoms with Crippen LogP contribution in [0, 0.1) is 6.92 Å². The summed E-state index contributed by atoms with van der Waals surface area (Å²) < 4.78 is 4.74. The monoisotopic (exact) mass is 352 g/mol. The van der Waals surface area contributed by atoms with Gasteiger partial charge in [0.2, 0.25) is 0 Å². The van der Waals surface area contributed by atoms with Crippen molar-refractivity contribution in [3.63, 3.8) is 0 Å². The lowest BCUT2D eigenvalue weighted by molar-refractivity contribution is 0.0600. The number of hydrogen-bond acceptors (Lipinski definition) is 4.